The Morgan fingerprint density at radius 1 is 1.32 bits per heavy atom. The first-order valence-corrected chi connectivity index (χ1v) is 6.92. The molecule has 19 heavy (non-hydrogen) atoms. The fourth-order valence-corrected chi connectivity index (χ4v) is 2.10. The lowest BCUT2D eigenvalue weighted by atomic mass is 10.3. The third-order valence-electron chi connectivity index (χ3n) is 2.86. The molecule has 1 aromatic carbocycles. The Labute approximate surface area is 121 Å². The standard InChI is InChI=1S/C14H17BrN2O2/c1-10-14(15)11(2)17(16-10)8-12(18)9-19-13-6-4-3-5-7-13/h3-7,12,18H,8-9H2,1-2H3. The number of halogens is 1. The maximum atomic E-state index is 9.99. The molecule has 1 heterocycles. The summed E-state index contributed by atoms with van der Waals surface area (Å²) < 4.78 is 8.29. The summed E-state index contributed by atoms with van der Waals surface area (Å²) >= 11 is 3.47. The Morgan fingerprint density at radius 3 is 2.58 bits per heavy atom. The van der Waals surface area contributed by atoms with Crippen LogP contribution in [0.2, 0.25) is 0 Å². The van der Waals surface area contributed by atoms with Crippen LogP contribution in [0.3, 0.4) is 0 Å². The van der Waals surface area contributed by atoms with Gasteiger partial charge < -0.3 is 9.84 Å². The van der Waals surface area contributed by atoms with Crippen LogP contribution in [0.4, 0.5) is 0 Å². The van der Waals surface area contributed by atoms with E-state index in [4.69, 9.17) is 4.74 Å². The number of para-hydroxylation sites is 1. The molecule has 0 fully saturated rings. The van der Waals surface area contributed by atoms with Crippen molar-refractivity contribution in [3.05, 3.63) is 46.2 Å². The highest BCUT2D eigenvalue weighted by Crippen LogP contribution is 2.20. The van der Waals surface area contributed by atoms with Gasteiger partial charge in [0.1, 0.15) is 18.5 Å². The van der Waals surface area contributed by atoms with E-state index >= 15 is 0 Å². The summed E-state index contributed by atoms with van der Waals surface area (Å²) in [5.74, 6) is 0.760. The lowest BCUT2D eigenvalue weighted by Crippen LogP contribution is -2.24. The van der Waals surface area contributed by atoms with Crippen molar-refractivity contribution in [2.75, 3.05) is 6.61 Å². The number of rotatable bonds is 5. The van der Waals surface area contributed by atoms with E-state index in [0.717, 1.165) is 21.6 Å². The second kappa shape index (κ2) is 6.21. The quantitative estimate of drug-likeness (QED) is 0.919. The molecule has 0 saturated heterocycles. The molecule has 0 aliphatic heterocycles. The Hall–Kier alpha value is -1.33. The van der Waals surface area contributed by atoms with Gasteiger partial charge in [-0.05, 0) is 41.9 Å². The largest absolute Gasteiger partial charge is 0.491 e. The van der Waals surface area contributed by atoms with Crippen molar-refractivity contribution in [1.82, 2.24) is 9.78 Å². The molecule has 5 heteroatoms. The van der Waals surface area contributed by atoms with E-state index in [0.29, 0.717) is 6.54 Å². The van der Waals surface area contributed by atoms with Crippen molar-refractivity contribution in [2.45, 2.75) is 26.5 Å². The molecule has 0 radical (unpaired) electrons. The molecule has 4 nitrogen and oxygen atoms in total. The number of ether oxygens (including phenoxy) is 1. The molecule has 0 amide bonds. The molecule has 0 aliphatic rings. The highest BCUT2D eigenvalue weighted by Gasteiger charge is 2.13. The van der Waals surface area contributed by atoms with Crippen LogP contribution in [0.5, 0.6) is 5.75 Å². The van der Waals surface area contributed by atoms with Gasteiger partial charge in [0.15, 0.2) is 0 Å². The van der Waals surface area contributed by atoms with Gasteiger partial charge in [-0.15, -0.1) is 0 Å². The minimum Gasteiger partial charge on any atom is -0.491 e. The minimum absolute atomic E-state index is 0.250. The zero-order chi connectivity index (χ0) is 13.8. The molecule has 0 spiro atoms. The maximum Gasteiger partial charge on any atom is 0.119 e. The molecule has 2 rings (SSSR count). The molecule has 0 bridgehead atoms. The molecule has 0 aliphatic carbocycles. The van der Waals surface area contributed by atoms with Gasteiger partial charge >= 0.3 is 0 Å². The number of benzene rings is 1. The number of hydrogen-bond acceptors (Lipinski definition) is 3. The van der Waals surface area contributed by atoms with Crippen molar-refractivity contribution >= 4 is 15.9 Å². The van der Waals surface area contributed by atoms with Gasteiger partial charge in [-0.1, -0.05) is 18.2 Å². The number of nitrogens with zero attached hydrogens (tertiary/aromatic N) is 2. The Balaban J connectivity index is 1.91. The molecule has 1 aromatic heterocycles. The highest BCUT2D eigenvalue weighted by molar-refractivity contribution is 9.10. The lowest BCUT2D eigenvalue weighted by Gasteiger charge is -2.13. The summed E-state index contributed by atoms with van der Waals surface area (Å²) in [5, 5.41) is 14.3. The second-order valence-electron chi connectivity index (χ2n) is 4.44. The van der Waals surface area contributed by atoms with Gasteiger partial charge in [-0.25, -0.2) is 0 Å². The van der Waals surface area contributed by atoms with E-state index in [-0.39, 0.29) is 6.61 Å². The molecule has 102 valence electrons. The zero-order valence-corrected chi connectivity index (χ0v) is 12.6. The van der Waals surface area contributed by atoms with Crippen molar-refractivity contribution in [3.63, 3.8) is 0 Å². The highest BCUT2D eigenvalue weighted by atomic mass is 79.9. The SMILES string of the molecule is Cc1nn(CC(O)COc2ccccc2)c(C)c1Br. The van der Waals surface area contributed by atoms with E-state index in [1.807, 2.05) is 44.2 Å². The summed E-state index contributed by atoms with van der Waals surface area (Å²) in [4.78, 5) is 0. The van der Waals surface area contributed by atoms with Gasteiger partial charge in [0, 0.05) is 5.69 Å². The van der Waals surface area contributed by atoms with E-state index in [9.17, 15) is 5.11 Å². The van der Waals surface area contributed by atoms with Crippen LogP contribution in [-0.4, -0.2) is 27.6 Å². The topological polar surface area (TPSA) is 47.3 Å². The molecule has 1 unspecified atom stereocenters. The number of aromatic nitrogens is 2. The Bertz CT molecular complexity index is 540. The average Bonchev–Trinajstić information content (AvgIpc) is 2.65. The number of hydrogen-bond donors (Lipinski definition) is 1. The van der Waals surface area contributed by atoms with Crippen LogP contribution in [0.1, 0.15) is 11.4 Å². The predicted molar refractivity (Wildman–Crippen MR) is 77.3 cm³/mol. The maximum absolute atomic E-state index is 9.99. The van der Waals surface area contributed by atoms with Crippen molar-refractivity contribution < 1.29 is 9.84 Å². The van der Waals surface area contributed by atoms with Gasteiger partial charge in [-0.2, -0.15) is 5.10 Å². The van der Waals surface area contributed by atoms with Crippen LogP contribution in [0.25, 0.3) is 0 Å². The van der Waals surface area contributed by atoms with Gasteiger partial charge in [0.05, 0.1) is 16.7 Å². The monoisotopic (exact) mass is 324 g/mol. The normalized spacial score (nSPS) is 12.4. The van der Waals surface area contributed by atoms with E-state index < -0.39 is 6.10 Å². The van der Waals surface area contributed by atoms with Crippen LogP contribution in [-0.2, 0) is 6.54 Å². The van der Waals surface area contributed by atoms with E-state index in [1.54, 1.807) is 4.68 Å². The number of aliphatic hydroxyl groups excluding tert-OH is 1. The van der Waals surface area contributed by atoms with E-state index in [1.165, 1.54) is 0 Å². The fourth-order valence-electron chi connectivity index (χ4n) is 1.81. The van der Waals surface area contributed by atoms with Gasteiger partial charge in [0.25, 0.3) is 0 Å². The summed E-state index contributed by atoms with van der Waals surface area (Å²) in [6.07, 6.45) is -0.592. The smallest absolute Gasteiger partial charge is 0.119 e. The van der Waals surface area contributed by atoms with Crippen molar-refractivity contribution in [3.8, 4) is 5.75 Å². The third-order valence-corrected chi connectivity index (χ3v) is 4.01. The fraction of sp³-hybridized carbons (Fsp3) is 0.357. The molecule has 1 N–H and O–H groups in total. The van der Waals surface area contributed by atoms with Crippen molar-refractivity contribution in [2.24, 2.45) is 0 Å². The first-order chi connectivity index (χ1) is 9.08. The summed E-state index contributed by atoms with van der Waals surface area (Å²) in [5.41, 5.74) is 1.94. The summed E-state index contributed by atoms with van der Waals surface area (Å²) in [6.45, 7) is 4.57. The van der Waals surface area contributed by atoms with Gasteiger partial charge in [-0.3, -0.25) is 4.68 Å². The first kappa shape index (κ1) is 14.1. The molecule has 2 aromatic rings. The average molecular weight is 325 g/mol. The first-order valence-electron chi connectivity index (χ1n) is 6.13. The van der Waals surface area contributed by atoms with Crippen molar-refractivity contribution in [1.29, 1.82) is 0 Å². The van der Waals surface area contributed by atoms with Crippen LogP contribution < -0.4 is 4.74 Å². The third kappa shape index (κ3) is 3.58. The lowest BCUT2D eigenvalue weighted by molar-refractivity contribution is 0.0887. The number of aryl methyl sites for hydroxylation is 1. The molecule has 1 atom stereocenters. The minimum atomic E-state index is -0.592. The second-order valence-corrected chi connectivity index (χ2v) is 5.24. The van der Waals surface area contributed by atoms with Gasteiger partial charge in [0.2, 0.25) is 0 Å². The number of aliphatic hydroxyl groups is 1. The Morgan fingerprint density at radius 2 is 2.00 bits per heavy atom. The molecule has 0 saturated carbocycles. The van der Waals surface area contributed by atoms with Crippen LogP contribution in [0.15, 0.2) is 34.8 Å². The summed E-state index contributed by atoms with van der Waals surface area (Å²) in [6, 6.07) is 9.47. The van der Waals surface area contributed by atoms with Crippen LogP contribution in [0, 0.1) is 13.8 Å². The zero-order valence-electron chi connectivity index (χ0n) is 11.0. The summed E-state index contributed by atoms with van der Waals surface area (Å²) in [7, 11) is 0. The van der Waals surface area contributed by atoms with E-state index in [2.05, 4.69) is 21.0 Å². The Kier molecular flexibility index (Phi) is 4.61. The van der Waals surface area contributed by atoms with Crippen LogP contribution >= 0.6 is 15.9 Å². The predicted octanol–water partition coefficient (Wildman–Crippen LogP) is 2.70. The molecular weight excluding hydrogens is 308 g/mol. The molecular formula is C14H17BrN2O2.